The van der Waals surface area contributed by atoms with Gasteiger partial charge >= 0.3 is 0 Å². The van der Waals surface area contributed by atoms with Gasteiger partial charge in [-0.05, 0) is 151 Å². The molecule has 4 heteroatoms. The summed E-state index contributed by atoms with van der Waals surface area (Å²) in [5.74, 6) is 0.821. The van der Waals surface area contributed by atoms with E-state index in [2.05, 4.69) is 280 Å². The zero-order valence-corrected chi connectivity index (χ0v) is 44.6. The van der Waals surface area contributed by atoms with Gasteiger partial charge in [-0.1, -0.05) is 210 Å². The van der Waals surface area contributed by atoms with Crippen molar-refractivity contribution in [3.8, 4) is 11.1 Å². The average Bonchev–Trinajstić information content (AvgIpc) is 4.21. The molecule has 1 aliphatic rings. The van der Waals surface area contributed by atoms with Crippen LogP contribution in [0.5, 0.6) is 0 Å². The summed E-state index contributed by atoms with van der Waals surface area (Å²) in [5.41, 5.74) is 19.1. The molecular formula is C75H56N2O2. The van der Waals surface area contributed by atoms with Gasteiger partial charge in [0, 0.05) is 44.3 Å². The quantitative estimate of drug-likeness (QED) is 0.137. The molecule has 14 aromatic rings. The highest BCUT2D eigenvalue weighted by Crippen LogP contribution is 2.60. The van der Waals surface area contributed by atoms with E-state index in [1.807, 2.05) is 12.1 Å². The van der Waals surface area contributed by atoms with E-state index in [4.69, 9.17) is 8.83 Å². The summed E-state index contributed by atoms with van der Waals surface area (Å²) >= 11 is 0. The predicted octanol–water partition coefficient (Wildman–Crippen LogP) is 21.3. The van der Waals surface area contributed by atoms with Crippen LogP contribution in [-0.4, -0.2) is 0 Å². The van der Waals surface area contributed by atoms with Gasteiger partial charge in [-0.15, -0.1) is 0 Å². The average molecular weight is 1020 g/mol. The second kappa shape index (κ2) is 18.3. The number of furan rings is 2. The lowest BCUT2D eigenvalue weighted by atomic mass is 9.66. The Hall–Kier alpha value is -9.64. The fraction of sp³-hybridized carbons (Fsp3) is 0.0933. The zero-order valence-electron chi connectivity index (χ0n) is 44.6. The van der Waals surface area contributed by atoms with Crippen molar-refractivity contribution in [2.45, 2.75) is 44.9 Å². The van der Waals surface area contributed by atoms with Crippen LogP contribution in [0.3, 0.4) is 0 Å². The van der Waals surface area contributed by atoms with E-state index in [0.717, 1.165) is 88.8 Å². The lowest BCUT2D eigenvalue weighted by molar-refractivity contribution is 0.668. The van der Waals surface area contributed by atoms with Crippen LogP contribution in [0.2, 0.25) is 0 Å². The van der Waals surface area contributed by atoms with Gasteiger partial charge in [-0.3, -0.25) is 0 Å². The molecule has 0 unspecified atom stereocenters. The third-order valence-electron chi connectivity index (χ3n) is 16.9. The standard InChI is InChI=1S/C75H56N2O2/c1-47(2)49-29-35-55(36-30-49)76(67-25-15-23-65-61-21-11-13-27-69(61)78-73(65)67)57-39-43-59-51(45-57)33-41-63-64-42-34-52-46-58(40-44-60(52)72(64)75(71(59)63,53-17-7-5-8-18-53)54-19-9-6-10-20-54)77(56-37-31-50(32-38-56)48(3)4)68-26-16-24-66-62-22-12-14-28-70(62)79-74(66)68/h5-48H,1-4H3. The summed E-state index contributed by atoms with van der Waals surface area (Å²) in [5, 5.41) is 9.15. The largest absolute Gasteiger partial charge is 0.454 e. The van der Waals surface area contributed by atoms with E-state index in [1.165, 1.54) is 55.3 Å². The minimum Gasteiger partial charge on any atom is -0.454 e. The van der Waals surface area contributed by atoms with Gasteiger partial charge < -0.3 is 18.6 Å². The summed E-state index contributed by atoms with van der Waals surface area (Å²) in [6, 6.07) is 93.8. The lowest BCUT2D eigenvalue weighted by Crippen LogP contribution is -2.29. The zero-order chi connectivity index (χ0) is 52.9. The van der Waals surface area contributed by atoms with E-state index in [-0.39, 0.29) is 0 Å². The van der Waals surface area contributed by atoms with E-state index in [9.17, 15) is 0 Å². The van der Waals surface area contributed by atoms with E-state index >= 15 is 0 Å². The molecule has 0 radical (unpaired) electrons. The molecule has 0 spiro atoms. The molecule has 0 amide bonds. The Kier molecular flexibility index (Phi) is 10.8. The molecule has 2 heterocycles. The van der Waals surface area contributed by atoms with Crippen LogP contribution < -0.4 is 9.80 Å². The maximum atomic E-state index is 6.77. The normalized spacial score (nSPS) is 12.9. The molecule has 0 fully saturated rings. The molecule has 0 N–H and O–H groups in total. The summed E-state index contributed by atoms with van der Waals surface area (Å²) in [4.78, 5) is 4.75. The van der Waals surface area contributed by atoms with Gasteiger partial charge in [0.15, 0.2) is 11.2 Å². The fourth-order valence-electron chi connectivity index (χ4n) is 13.1. The second-order valence-corrected chi connectivity index (χ2v) is 21.9. The van der Waals surface area contributed by atoms with Crippen molar-refractivity contribution in [3.05, 3.63) is 288 Å². The Labute approximate surface area is 460 Å². The van der Waals surface area contributed by atoms with Crippen LogP contribution in [0, 0.1) is 0 Å². The van der Waals surface area contributed by atoms with Crippen LogP contribution in [0.15, 0.2) is 264 Å². The van der Waals surface area contributed by atoms with Crippen molar-refractivity contribution in [2.75, 3.05) is 9.80 Å². The second-order valence-electron chi connectivity index (χ2n) is 21.9. The maximum Gasteiger partial charge on any atom is 0.159 e. The molecule has 378 valence electrons. The Balaban J connectivity index is 0.952. The van der Waals surface area contributed by atoms with Crippen LogP contribution in [0.4, 0.5) is 34.1 Å². The Bertz CT molecular complexity index is 4360. The maximum absolute atomic E-state index is 6.77. The van der Waals surface area contributed by atoms with Crippen molar-refractivity contribution in [1.82, 2.24) is 0 Å². The van der Waals surface area contributed by atoms with Crippen LogP contribution in [0.1, 0.15) is 72.9 Å². The van der Waals surface area contributed by atoms with E-state index in [0.29, 0.717) is 11.8 Å². The van der Waals surface area contributed by atoms with E-state index < -0.39 is 5.41 Å². The molecule has 4 nitrogen and oxygen atoms in total. The molecule has 0 bridgehead atoms. The molecule has 0 saturated carbocycles. The van der Waals surface area contributed by atoms with Crippen molar-refractivity contribution >= 4 is 99.5 Å². The topological polar surface area (TPSA) is 32.8 Å². The lowest BCUT2D eigenvalue weighted by Gasteiger charge is -2.35. The van der Waals surface area contributed by atoms with Crippen LogP contribution in [0.25, 0.3) is 76.5 Å². The highest BCUT2D eigenvalue weighted by molar-refractivity contribution is 6.13. The number of hydrogen-bond acceptors (Lipinski definition) is 4. The summed E-state index contributed by atoms with van der Waals surface area (Å²) in [6.07, 6.45) is 0. The molecule has 0 saturated heterocycles. The molecule has 12 aromatic carbocycles. The van der Waals surface area contributed by atoms with Crippen molar-refractivity contribution in [1.29, 1.82) is 0 Å². The first-order valence-electron chi connectivity index (χ1n) is 27.7. The van der Waals surface area contributed by atoms with Crippen molar-refractivity contribution in [2.24, 2.45) is 0 Å². The number of hydrogen-bond donors (Lipinski definition) is 0. The smallest absolute Gasteiger partial charge is 0.159 e. The summed E-state index contributed by atoms with van der Waals surface area (Å²) in [7, 11) is 0. The fourth-order valence-corrected chi connectivity index (χ4v) is 13.1. The summed E-state index contributed by atoms with van der Waals surface area (Å²) in [6.45, 7) is 9.00. The summed E-state index contributed by atoms with van der Waals surface area (Å²) < 4.78 is 13.5. The van der Waals surface area contributed by atoms with Gasteiger partial charge in [0.05, 0.1) is 16.8 Å². The Morgan fingerprint density at radius 1 is 0.316 bits per heavy atom. The number of benzene rings is 12. The molecule has 79 heavy (non-hydrogen) atoms. The molecule has 2 aromatic heterocycles. The minimum absolute atomic E-state index is 0.410. The highest BCUT2D eigenvalue weighted by atomic mass is 16.3. The first-order valence-corrected chi connectivity index (χ1v) is 27.7. The Morgan fingerprint density at radius 2 is 0.696 bits per heavy atom. The van der Waals surface area contributed by atoms with Gasteiger partial charge in [0.1, 0.15) is 11.2 Å². The molecule has 1 aliphatic carbocycles. The molecule has 15 rings (SSSR count). The SMILES string of the molecule is CC(C)c1ccc(N(c2ccc3c4c(ccc3c2)-c2ccc3cc(N(c5ccc(C(C)C)cc5)c5cccc6c5oc5ccccc56)ccc3c2C4(c2ccccc2)c2ccccc2)c2cccc3c2oc2ccccc23)cc1. The minimum atomic E-state index is -0.687. The molecular weight excluding hydrogens is 961 g/mol. The van der Waals surface area contributed by atoms with E-state index in [1.54, 1.807) is 0 Å². The van der Waals surface area contributed by atoms with Crippen molar-refractivity contribution < 1.29 is 8.83 Å². The molecule has 0 atom stereocenters. The van der Waals surface area contributed by atoms with Crippen molar-refractivity contribution in [3.63, 3.8) is 0 Å². The predicted molar refractivity (Wildman–Crippen MR) is 331 cm³/mol. The van der Waals surface area contributed by atoms with Gasteiger partial charge in [-0.25, -0.2) is 0 Å². The van der Waals surface area contributed by atoms with Crippen LogP contribution >= 0.6 is 0 Å². The number of fused-ring (bicyclic) bond motifs is 13. The van der Waals surface area contributed by atoms with Crippen LogP contribution in [-0.2, 0) is 5.41 Å². The third-order valence-corrected chi connectivity index (χ3v) is 16.9. The Morgan fingerprint density at radius 3 is 1.11 bits per heavy atom. The number of anilines is 6. The molecule has 0 aliphatic heterocycles. The number of nitrogens with zero attached hydrogens (tertiary/aromatic N) is 2. The van der Waals surface area contributed by atoms with Gasteiger partial charge in [-0.2, -0.15) is 0 Å². The first kappa shape index (κ1) is 46.6. The monoisotopic (exact) mass is 1020 g/mol. The van der Waals surface area contributed by atoms with Gasteiger partial charge in [0.2, 0.25) is 0 Å². The highest BCUT2D eigenvalue weighted by Gasteiger charge is 2.48. The number of rotatable bonds is 10. The third kappa shape index (κ3) is 7.21. The van der Waals surface area contributed by atoms with Gasteiger partial charge in [0.25, 0.3) is 0 Å². The first-order chi connectivity index (χ1) is 38.8. The number of para-hydroxylation sites is 4.